The Morgan fingerprint density at radius 2 is 2.29 bits per heavy atom. The van der Waals surface area contributed by atoms with E-state index in [-0.39, 0.29) is 6.08 Å². The van der Waals surface area contributed by atoms with Gasteiger partial charge in [-0.2, -0.15) is 4.98 Å². The predicted molar refractivity (Wildman–Crippen MR) is 66.2 cm³/mol. The Hall–Kier alpha value is -2.10. The molecule has 2 rings (SSSR count). The van der Waals surface area contributed by atoms with Gasteiger partial charge in [0.15, 0.2) is 0 Å². The molecule has 2 aromatic rings. The Morgan fingerprint density at radius 3 is 3.00 bits per heavy atom. The molecule has 0 bridgehead atoms. The van der Waals surface area contributed by atoms with Gasteiger partial charge < -0.3 is 9.15 Å². The summed E-state index contributed by atoms with van der Waals surface area (Å²) in [5, 5.41) is 0.484. The van der Waals surface area contributed by atoms with Gasteiger partial charge in [0, 0.05) is 0 Å². The van der Waals surface area contributed by atoms with Gasteiger partial charge in [-0.1, -0.05) is 31.2 Å². The number of ether oxygens (including phenoxy) is 1. The molecular weight excluding hydrogens is 218 g/mol. The Bertz CT molecular complexity index is 614. The zero-order valence-corrected chi connectivity index (χ0v) is 9.77. The van der Waals surface area contributed by atoms with Crippen molar-refractivity contribution in [3.63, 3.8) is 0 Å². The van der Waals surface area contributed by atoms with Crippen molar-refractivity contribution < 1.29 is 9.15 Å². The maximum Gasteiger partial charge on any atom is 0.396 e. The smallest absolute Gasteiger partial charge is 0.396 e. The lowest BCUT2D eigenvalue weighted by molar-refractivity contribution is 0.270. The Kier molecular flexibility index (Phi) is 3.23. The van der Waals surface area contributed by atoms with Crippen LogP contribution in [0.15, 0.2) is 33.5 Å². The molecule has 4 nitrogen and oxygen atoms in total. The van der Waals surface area contributed by atoms with Crippen LogP contribution in [0.5, 0.6) is 6.08 Å². The van der Waals surface area contributed by atoms with Crippen LogP contribution in [0.3, 0.4) is 0 Å². The van der Waals surface area contributed by atoms with Gasteiger partial charge in [-0.3, -0.25) is 0 Å². The van der Waals surface area contributed by atoms with Gasteiger partial charge in [0.1, 0.15) is 0 Å². The summed E-state index contributed by atoms with van der Waals surface area (Å²) in [4.78, 5) is 15.9. The van der Waals surface area contributed by atoms with Crippen LogP contribution >= 0.6 is 0 Å². The van der Waals surface area contributed by atoms with Crippen molar-refractivity contribution in [3.05, 3.63) is 40.3 Å². The summed E-state index contributed by atoms with van der Waals surface area (Å²) in [5.41, 5.74) is 0.966. The third-order valence-corrected chi connectivity index (χ3v) is 2.38. The van der Waals surface area contributed by atoms with E-state index >= 15 is 0 Å². The summed E-state index contributed by atoms with van der Waals surface area (Å²) in [6, 6.07) is 5.47. The van der Waals surface area contributed by atoms with Crippen LogP contribution in [0.1, 0.15) is 18.9 Å². The molecule has 0 fully saturated rings. The van der Waals surface area contributed by atoms with E-state index < -0.39 is 5.63 Å². The fourth-order valence-electron chi connectivity index (χ4n) is 1.60. The lowest BCUT2D eigenvalue weighted by Crippen LogP contribution is -2.04. The minimum Gasteiger partial charge on any atom is -0.453 e. The maximum atomic E-state index is 11.8. The summed E-state index contributed by atoms with van der Waals surface area (Å²) in [5.74, 6) is 0. The molecule has 0 radical (unpaired) electrons. The van der Waals surface area contributed by atoms with Crippen LogP contribution in [0.4, 0.5) is 0 Å². The molecule has 1 heterocycles. The molecule has 0 N–H and O–H groups in total. The van der Waals surface area contributed by atoms with Crippen molar-refractivity contribution in [2.24, 2.45) is 0 Å². The van der Waals surface area contributed by atoms with Crippen molar-refractivity contribution in [2.75, 3.05) is 7.11 Å². The Morgan fingerprint density at radius 1 is 1.47 bits per heavy atom. The number of allylic oxidation sites excluding steroid dienone is 1. The third-order valence-electron chi connectivity index (χ3n) is 2.38. The van der Waals surface area contributed by atoms with E-state index in [0.29, 0.717) is 10.9 Å². The van der Waals surface area contributed by atoms with Crippen molar-refractivity contribution in [3.8, 4) is 6.08 Å². The molecule has 4 heteroatoms. The van der Waals surface area contributed by atoms with Crippen LogP contribution in [0.25, 0.3) is 17.0 Å². The minimum absolute atomic E-state index is 0.0147. The summed E-state index contributed by atoms with van der Waals surface area (Å²) in [7, 11) is 1.41. The van der Waals surface area contributed by atoms with Crippen molar-refractivity contribution in [1.82, 2.24) is 4.98 Å². The third kappa shape index (κ3) is 2.20. The van der Waals surface area contributed by atoms with Gasteiger partial charge in [-0.15, -0.1) is 0 Å². The minimum atomic E-state index is -0.428. The number of fused-ring (bicyclic) bond motifs is 1. The van der Waals surface area contributed by atoms with E-state index in [9.17, 15) is 4.79 Å². The molecule has 0 spiro atoms. The van der Waals surface area contributed by atoms with Crippen LogP contribution < -0.4 is 10.4 Å². The van der Waals surface area contributed by atoms with Crippen LogP contribution in [0, 0.1) is 0 Å². The van der Waals surface area contributed by atoms with Gasteiger partial charge in [0.2, 0.25) is 0 Å². The highest BCUT2D eigenvalue weighted by Crippen LogP contribution is 2.17. The molecular formula is C13H13NO3. The molecule has 0 aliphatic heterocycles. The molecule has 88 valence electrons. The predicted octanol–water partition coefficient (Wildman–Crippen LogP) is 2.62. The molecule has 0 aliphatic rings. The van der Waals surface area contributed by atoms with E-state index in [1.807, 2.05) is 31.2 Å². The number of nitrogens with zero attached hydrogens (tertiary/aromatic N) is 1. The number of hydrogen-bond acceptors (Lipinski definition) is 4. The second-order valence-electron chi connectivity index (χ2n) is 3.52. The Balaban J connectivity index is 2.72. The highest BCUT2D eigenvalue weighted by atomic mass is 16.6. The molecule has 17 heavy (non-hydrogen) atoms. The topological polar surface area (TPSA) is 52.3 Å². The second kappa shape index (κ2) is 4.82. The number of benzene rings is 1. The van der Waals surface area contributed by atoms with Gasteiger partial charge in [0.05, 0.1) is 18.0 Å². The lowest BCUT2D eigenvalue weighted by Gasteiger charge is -2.01. The fraction of sp³-hybridized carbons (Fsp3) is 0.231. The lowest BCUT2D eigenvalue weighted by atomic mass is 10.1. The standard InChI is InChI=1S/C13H13NO3/c1-3-4-6-9-7-5-8-10-11(9)12(15)17-13(14-10)16-2/h4-8H,3H2,1-2H3. The summed E-state index contributed by atoms with van der Waals surface area (Å²) in [6.07, 6.45) is 4.77. The Labute approximate surface area is 98.5 Å². The van der Waals surface area contributed by atoms with E-state index in [1.165, 1.54) is 7.11 Å². The van der Waals surface area contributed by atoms with Gasteiger partial charge in [-0.25, -0.2) is 4.79 Å². The zero-order valence-electron chi connectivity index (χ0n) is 9.77. The van der Waals surface area contributed by atoms with Gasteiger partial charge in [-0.05, 0) is 18.1 Å². The summed E-state index contributed by atoms with van der Waals surface area (Å²) >= 11 is 0. The number of methoxy groups -OCH3 is 1. The number of rotatable bonds is 3. The molecule has 0 saturated carbocycles. The van der Waals surface area contributed by atoms with Crippen molar-refractivity contribution >= 4 is 17.0 Å². The monoisotopic (exact) mass is 231 g/mol. The fourth-order valence-corrected chi connectivity index (χ4v) is 1.60. The van der Waals surface area contributed by atoms with Crippen molar-refractivity contribution in [2.45, 2.75) is 13.3 Å². The molecule has 0 amide bonds. The van der Waals surface area contributed by atoms with E-state index in [1.54, 1.807) is 6.07 Å². The second-order valence-corrected chi connectivity index (χ2v) is 3.52. The summed E-state index contributed by atoms with van der Waals surface area (Å²) < 4.78 is 9.77. The number of aromatic nitrogens is 1. The average molecular weight is 231 g/mol. The summed E-state index contributed by atoms with van der Waals surface area (Å²) in [6.45, 7) is 2.03. The largest absolute Gasteiger partial charge is 0.453 e. The van der Waals surface area contributed by atoms with Crippen LogP contribution in [-0.2, 0) is 0 Å². The SMILES string of the molecule is CCC=Cc1cccc2nc(OC)oc(=O)c12. The molecule has 1 aromatic heterocycles. The molecule has 0 unspecified atom stereocenters. The first-order valence-electron chi connectivity index (χ1n) is 5.40. The highest BCUT2D eigenvalue weighted by Gasteiger charge is 2.08. The van der Waals surface area contributed by atoms with Crippen LogP contribution in [0.2, 0.25) is 0 Å². The maximum absolute atomic E-state index is 11.8. The first-order chi connectivity index (χ1) is 8.26. The molecule has 0 aliphatic carbocycles. The van der Waals surface area contributed by atoms with Gasteiger partial charge >= 0.3 is 11.7 Å². The number of hydrogen-bond donors (Lipinski definition) is 0. The zero-order chi connectivity index (χ0) is 12.3. The normalized spacial score (nSPS) is 11.2. The first-order valence-corrected chi connectivity index (χ1v) is 5.40. The highest BCUT2D eigenvalue weighted by molar-refractivity contribution is 5.86. The van der Waals surface area contributed by atoms with Gasteiger partial charge in [0.25, 0.3) is 0 Å². The van der Waals surface area contributed by atoms with E-state index in [2.05, 4.69) is 4.98 Å². The van der Waals surface area contributed by atoms with E-state index in [0.717, 1.165) is 12.0 Å². The average Bonchev–Trinajstić information content (AvgIpc) is 2.35. The molecule has 0 atom stereocenters. The molecule has 1 aromatic carbocycles. The van der Waals surface area contributed by atoms with E-state index in [4.69, 9.17) is 9.15 Å². The van der Waals surface area contributed by atoms with Crippen molar-refractivity contribution in [1.29, 1.82) is 0 Å². The quantitative estimate of drug-likeness (QED) is 0.814. The first kappa shape index (κ1) is 11.4. The van der Waals surface area contributed by atoms with Crippen LogP contribution in [-0.4, -0.2) is 12.1 Å². The molecule has 0 saturated heterocycles.